The Morgan fingerprint density at radius 2 is 1.94 bits per heavy atom. The highest BCUT2D eigenvalue weighted by molar-refractivity contribution is 7.28. The van der Waals surface area contributed by atoms with E-state index in [1.54, 1.807) is 24.3 Å². The van der Waals surface area contributed by atoms with Crippen molar-refractivity contribution in [2.75, 3.05) is 5.32 Å². The number of ether oxygens (including phenoxy) is 1. The fourth-order valence-electron chi connectivity index (χ4n) is 3.30. The number of carboxylic acid groups (broad SMARTS) is 1. The lowest BCUT2D eigenvalue weighted by Gasteiger charge is -2.07. The van der Waals surface area contributed by atoms with Crippen LogP contribution >= 0.6 is 45.9 Å². The summed E-state index contributed by atoms with van der Waals surface area (Å²) in [5.41, 5.74) is 0.0518. The zero-order valence-corrected chi connectivity index (χ0v) is 20.3. The molecule has 1 amide bonds. The number of hydrogen-bond donors (Lipinski definition) is 2. The van der Waals surface area contributed by atoms with E-state index in [0.29, 0.717) is 23.4 Å². The predicted octanol–water partition coefficient (Wildman–Crippen LogP) is 6.52. The second-order valence-electron chi connectivity index (χ2n) is 7.56. The lowest BCUT2D eigenvalue weighted by molar-refractivity contribution is -0.139. The molecular weight excluding hydrogens is 519 g/mol. The lowest BCUT2D eigenvalue weighted by Crippen LogP contribution is -2.17. The Balaban J connectivity index is 1.29. The summed E-state index contributed by atoms with van der Waals surface area (Å²) in [5, 5.41) is 16.1. The molecule has 172 valence electrons. The molecule has 0 spiro atoms. The molecule has 3 aromatic heterocycles. The molecule has 0 aliphatic heterocycles. The van der Waals surface area contributed by atoms with E-state index in [2.05, 4.69) is 22.3 Å². The van der Waals surface area contributed by atoms with Crippen LogP contribution in [0.25, 0.3) is 9.40 Å². The average Bonchev–Trinajstić information content (AvgIpc) is 3.25. The minimum absolute atomic E-state index is 0.0213. The molecule has 7 nitrogen and oxygen atoms in total. The van der Waals surface area contributed by atoms with E-state index in [1.807, 2.05) is 12.1 Å². The Labute approximate surface area is 211 Å². The van der Waals surface area contributed by atoms with Crippen LogP contribution in [0.15, 0.2) is 40.9 Å². The second kappa shape index (κ2) is 8.96. The molecule has 4 aromatic rings. The van der Waals surface area contributed by atoms with Crippen molar-refractivity contribution >= 4 is 73.0 Å². The number of thiophene rings is 2. The van der Waals surface area contributed by atoms with Crippen LogP contribution in [0.2, 0.25) is 10.2 Å². The zero-order valence-electron chi connectivity index (χ0n) is 17.2. The van der Waals surface area contributed by atoms with Crippen LogP contribution in [0.1, 0.15) is 33.9 Å². The quantitative estimate of drug-likeness (QED) is 0.283. The van der Waals surface area contributed by atoms with Crippen molar-refractivity contribution in [2.45, 2.75) is 24.9 Å². The van der Waals surface area contributed by atoms with Crippen LogP contribution in [0.5, 0.6) is 0 Å². The number of halogens is 2. The van der Waals surface area contributed by atoms with Crippen molar-refractivity contribution in [1.29, 1.82) is 0 Å². The molecule has 3 heterocycles. The predicted molar refractivity (Wildman–Crippen MR) is 131 cm³/mol. The normalized spacial score (nSPS) is 13.8. The van der Waals surface area contributed by atoms with Gasteiger partial charge in [-0.3, -0.25) is 10.1 Å². The minimum atomic E-state index is -0.769. The fraction of sp³-hybridized carbons (Fsp3) is 0.174. The number of aliphatic carboxylic acids is 1. The molecule has 1 fully saturated rings. The monoisotopic (exact) mass is 532 g/mol. The van der Waals surface area contributed by atoms with Crippen molar-refractivity contribution in [2.24, 2.45) is 0 Å². The molecule has 2 N–H and O–H groups in total. The average molecular weight is 533 g/mol. The Kier molecular flexibility index (Phi) is 6.00. The third-order valence-corrected chi connectivity index (χ3v) is 8.37. The summed E-state index contributed by atoms with van der Waals surface area (Å²) in [6.07, 6.45) is 0.585. The highest BCUT2D eigenvalue weighted by Gasteiger charge is 2.53. The van der Waals surface area contributed by atoms with Gasteiger partial charge in [0.2, 0.25) is 5.76 Å². The number of fused-ring (bicyclic) bond motifs is 1. The van der Waals surface area contributed by atoms with E-state index in [-0.39, 0.29) is 23.2 Å². The summed E-state index contributed by atoms with van der Waals surface area (Å²) in [5.74, 6) is 5.13. The van der Waals surface area contributed by atoms with Crippen LogP contribution in [0, 0.1) is 11.8 Å². The Bertz CT molecular complexity index is 1460. The molecule has 1 saturated carbocycles. The van der Waals surface area contributed by atoms with Gasteiger partial charge in [0.25, 0.3) is 0 Å². The van der Waals surface area contributed by atoms with Crippen molar-refractivity contribution in [3.05, 3.63) is 67.7 Å². The minimum Gasteiger partial charge on any atom is -0.481 e. The van der Waals surface area contributed by atoms with E-state index in [9.17, 15) is 14.7 Å². The summed E-state index contributed by atoms with van der Waals surface area (Å²) in [6, 6.07) is 10.9. The lowest BCUT2D eigenvalue weighted by atomic mass is 10.1. The van der Waals surface area contributed by atoms with Crippen molar-refractivity contribution in [1.82, 2.24) is 5.16 Å². The molecule has 0 radical (unpaired) electrons. The first-order valence-electron chi connectivity index (χ1n) is 9.97. The van der Waals surface area contributed by atoms with Crippen LogP contribution in [0.3, 0.4) is 0 Å². The van der Waals surface area contributed by atoms with Crippen LogP contribution < -0.4 is 5.32 Å². The molecule has 0 saturated heterocycles. The topological polar surface area (TPSA) is 102 Å². The first kappa shape index (κ1) is 22.7. The summed E-state index contributed by atoms with van der Waals surface area (Å²) >= 11 is 15.0. The van der Waals surface area contributed by atoms with E-state index < -0.39 is 17.5 Å². The first-order valence-corrected chi connectivity index (χ1v) is 12.4. The van der Waals surface area contributed by atoms with Gasteiger partial charge in [0.15, 0.2) is 5.15 Å². The van der Waals surface area contributed by atoms with Crippen molar-refractivity contribution in [3.8, 4) is 11.8 Å². The standard InChI is InChI=1S/C23H14Cl2N2O5S2/c24-14-4-2-1-3-12(14)11-31-22(30)26-19-15(32-27-20(19)25)6-5-13-9-16-17(33-13)10-18(34-16)23(7-8-23)21(28)29/h1-4,9-10H,7-8,11H2,(H,26,30)(H,28,29). The Morgan fingerprint density at radius 1 is 1.18 bits per heavy atom. The van der Waals surface area contributed by atoms with E-state index in [4.69, 9.17) is 32.5 Å². The molecule has 34 heavy (non-hydrogen) atoms. The van der Waals surface area contributed by atoms with Gasteiger partial charge in [-0.15, -0.1) is 22.7 Å². The highest BCUT2D eigenvalue weighted by atomic mass is 35.5. The maximum Gasteiger partial charge on any atom is 0.412 e. The smallest absolute Gasteiger partial charge is 0.412 e. The maximum atomic E-state index is 12.2. The summed E-state index contributed by atoms with van der Waals surface area (Å²) in [7, 11) is 0. The van der Waals surface area contributed by atoms with Gasteiger partial charge in [-0.2, -0.15) is 0 Å². The molecule has 0 unspecified atom stereocenters. The molecule has 0 bridgehead atoms. The number of carboxylic acids is 1. The highest BCUT2D eigenvalue weighted by Crippen LogP contribution is 2.52. The van der Waals surface area contributed by atoms with Gasteiger partial charge in [-0.1, -0.05) is 46.6 Å². The van der Waals surface area contributed by atoms with Gasteiger partial charge in [0.1, 0.15) is 17.7 Å². The first-order chi connectivity index (χ1) is 16.4. The van der Waals surface area contributed by atoms with Crippen molar-refractivity contribution < 1.29 is 24.0 Å². The van der Waals surface area contributed by atoms with Crippen LogP contribution in [-0.2, 0) is 21.6 Å². The number of aromatic nitrogens is 1. The van der Waals surface area contributed by atoms with Crippen LogP contribution in [-0.4, -0.2) is 22.3 Å². The fourth-order valence-corrected chi connectivity index (χ4v) is 6.15. The van der Waals surface area contributed by atoms with Crippen LogP contribution in [0.4, 0.5) is 10.5 Å². The molecule has 5 rings (SSSR count). The number of rotatable bonds is 5. The number of benzene rings is 1. The summed E-state index contributed by atoms with van der Waals surface area (Å²) in [4.78, 5) is 25.4. The number of nitrogens with zero attached hydrogens (tertiary/aromatic N) is 1. The molecule has 1 aromatic carbocycles. The molecule has 0 atom stereocenters. The van der Waals surface area contributed by atoms with E-state index >= 15 is 0 Å². The second-order valence-corrected chi connectivity index (χ2v) is 10.5. The van der Waals surface area contributed by atoms with Gasteiger partial charge < -0.3 is 14.4 Å². The number of carbonyl (C=O) groups is 2. The summed E-state index contributed by atoms with van der Waals surface area (Å²) in [6.45, 7) is -0.0213. The van der Waals surface area contributed by atoms with E-state index in [1.165, 1.54) is 22.7 Å². The third kappa shape index (κ3) is 4.38. The number of anilines is 1. The zero-order chi connectivity index (χ0) is 23.9. The molecule has 1 aliphatic rings. The van der Waals surface area contributed by atoms with Gasteiger partial charge in [0.05, 0.1) is 4.88 Å². The molecule has 11 heteroatoms. The molecule has 1 aliphatic carbocycles. The number of amides is 1. The van der Waals surface area contributed by atoms with Gasteiger partial charge >= 0.3 is 12.1 Å². The number of hydrogen-bond acceptors (Lipinski definition) is 7. The van der Waals surface area contributed by atoms with Crippen molar-refractivity contribution in [3.63, 3.8) is 0 Å². The maximum absolute atomic E-state index is 12.2. The van der Waals surface area contributed by atoms with Gasteiger partial charge in [0, 0.05) is 24.9 Å². The Morgan fingerprint density at radius 3 is 2.65 bits per heavy atom. The Hall–Kier alpha value is -3.03. The third-order valence-electron chi connectivity index (χ3n) is 5.33. The SMILES string of the molecule is O=C(Nc1c(Cl)noc1C#Cc1cc2sc(C3(C(=O)O)CC3)cc2s1)OCc1ccccc1Cl. The van der Waals surface area contributed by atoms with E-state index in [0.717, 1.165) is 19.2 Å². The number of carbonyl (C=O) groups excluding carboxylic acids is 1. The number of nitrogens with one attached hydrogen (secondary N) is 1. The summed E-state index contributed by atoms with van der Waals surface area (Å²) < 4.78 is 12.3. The van der Waals surface area contributed by atoms with Gasteiger partial charge in [-0.05, 0) is 42.9 Å². The van der Waals surface area contributed by atoms with Gasteiger partial charge in [-0.25, -0.2) is 4.79 Å². The molecular formula is C23H14Cl2N2O5S2. The largest absolute Gasteiger partial charge is 0.481 e.